The molecule has 0 aliphatic heterocycles. The predicted molar refractivity (Wildman–Crippen MR) is 174 cm³/mol. The van der Waals surface area contributed by atoms with Crippen LogP contribution in [0.4, 0.5) is 0 Å². The van der Waals surface area contributed by atoms with Crippen LogP contribution < -0.4 is 9.47 Å². The minimum Gasteiger partial charge on any atom is -0.491 e. The average molecular weight is 639 g/mol. The summed E-state index contributed by atoms with van der Waals surface area (Å²) in [6, 6.07) is 27.5. The Balaban J connectivity index is 1.09. The Labute approximate surface area is 273 Å². The van der Waals surface area contributed by atoms with Gasteiger partial charge in [-0.05, 0) is 34.4 Å². The van der Waals surface area contributed by atoms with E-state index in [4.69, 9.17) is 33.2 Å². The van der Waals surface area contributed by atoms with Crippen molar-refractivity contribution >= 4 is 22.7 Å². The number of fused-ring (bicyclic) bond motifs is 2. The first kappa shape index (κ1) is 32.2. The summed E-state index contributed by atoms with van der Waals surface area (Å²) in [6.07, 6.45) is 1.51. The van der Waals surface area contributed by atoms with Crippen molar-refractivity contribution in [3.63, 3.8) is 0 Å². The lowest BCUT2D eigenvalue weighted by atomic mass is 9.54. The quantitative estimate of drug-likeness (QED) is 0.0923. The molecule has 4 aromatic rings. The van der Waals surface area contributed by atoms with Crippen molar-refractivity contribution in [3.8, 4) is 11.5 Å². The molecule has 0 N–H and O–H groups in total. The number of benzene rings is 4. The van der Waals surface area contributed by atoms with E-state index in [0.29, 0.717) is 31.1 Å². The number of methoxy groups -OCH3 is 2. The molecule has 47 heavy (non-hydrogen) atoms. The normalized spacial score (nSPS) is 20.6. The van der Waals surface area contributed by atoms with Crippen molar-refractivity contribution in [1.82, 2.24) is 0 Å². The van der Waals surface area contributed by atoms with Gasteiger partial charge in [0.15, 0.2) is 0 Å². The highest BCUT2D eigenvalue weighted by Crippen LogP contribution is 2.62. The maximum absolute atomic E-state index is 13.9. The van der Waals surface area contributed by atoms with Gasteiger partial charge in [-0.25, -0.2) is 4.79 Å². The number of ether oxygens (including phenoxy) is 7. The molecule has 0 saturated carbocycles. The molecular formula is C38H38O9. The summed E-state index contributed by atoms with van der Waals surface area (Å²) >= 11 is 0. The van der Waals surface area contributed by atoms with Gasteiger partial charge in [0.1, 0.15) is 49.1 Å². The van der Waals surface area contributed by atoms with Gasteiger partial charge in [-0.3, -0.25) is 4.79 Å². The van der Waals surface area contributed by atoms with Crippen LogP contribution in [0.1, 0.15) is 28.7 Å². The molecule has 1 atom stereocenters. The maximum atomic E-state index is 13.9. The fraction of sp³-hybridized carbons (Fsp3) is 0.316. The summed E-state index contributed by atoms with van der Waals surface area (Å²) in [5.74, 6) is -0.137. The van der Waals surface area contributed by atoms with Crippen LogP contribution in [-0.2, 0) is 44.5 Å². The van der Waals surface area contributed by atoms with Crippen LogP contribution in [0.3, 0.4) is 0 Å². The molecule has 0 heterocycles. The Hall–Kier alpha value is -4.70. The third-order valence-corrected chi connectivity index (χ3v) is 9.01. The molecule has 4 aromatic carbocycles. The molecule has 0 radical (unpaired) electrons. The van der Waals surface area contributed by atoms with Gasteiger partial charge in [-0.2, -0.15) is 0 Å². The van der Waals surface area contributed by atoms with Crippen molar-refractivity contribution in [1.29, 1.82) is 0 Å². The molecule has 244 valence electrons. The van der Waals surface area contributed by atoms with Crippen molar-refractivity contribution < 1.29 is 42.7 Å². The molecule has 0 spiro atoms. The zero-order valence-electron chi connectivity index (χ0n) is 26.6. The van der Waals surface area contributed by atoms with Crippen LogP contribution in [0.25, 0.3) is 10.8 Å². The first-order chi connectivity index (χ1) is 23.0. The summed E-state index contributed by atoms with van der Waals surface area (Å²) in [4.78, 5) is 25.0. The zero-order valence-corrected chi connectivity index (χ0v) is 26.6. The van der Waals surface area contributed by atoms with E-state index < -0.39 is 23.1 Å². The molecule has 7 rings (SSSR count). The van der Waals surface area contributed by atoms with Gasteiger partial charge in [0.25, 0.3) is 0 Å². The Morgan fingerprint density at radius 2 is 1.19 bits per heavy atom. The van der Waals surface area contributed by atoms with E-state index in [1.807, 2.05) is 72.8 Å². The van der Waals surface area contributed by atoms with E-state index >= 15 is 0 Å². The van der Waals surface area contributed by atoms with Gasteiger partial charge in [-0.1, -0.05) is 79.4 Å². The highest BCUT2D eigenvalue weighted by molar-refractivity contribution is 5.93. The van der Waals surface area contributed by atoms with Crippen molar-refractivity contribution in [2.24, 2.45) is 5.92 Å². The molecule has 3 aliphatic carbocycles. The van der Waals surface area contributed by atoms with Crippen LogP contribution in [0.5, 0.6) is 11.5 Å². The standard InChI is InChI=1S/C38H38O9/c1-4-35(39)46-22-20-43-19-21-44-33-17-18-34(27-12-6-5-11-26(27)33)45-23-24-47-36(40)32-25-37(41-2)28-13-7-9-15-30(28)38(32,42-3)31-16-10-8-14-29(31)37/h4-18,32H,1,19-25H2,2-3H3. The molecule has 0 amide bonds. The number of hydrogen-bond acceptors (Lipinski definition) is 9. The van der Waals surface area contributed by atoms with Crippen molar-refractivity contribution in [3.05, 3.63) is 120 Å². The van der Waals surface area contributed by atoms with Crippen molar-refractivity contribution in [2.75, 3.05) is 53.9 Å². The SMILES string of the molecule is C=CC(=O)OCCOCCOc1ccc(OCCOC(=O)C2CC3(OC)c4ccccc4C2(OC)c2ccccc23)c2ccccc12. The summed E-state index contributed by atoms with van der Waals surface area (Å²) in [6.45, 7) is 4.65. The van der Waals surface area contributed by atoms with E-state index in [1.54, 1.807) is 14.2 Å². The van der Waals surface area contributed by atoms with E-state index in [9.17, 15) is 9.59 Å². The first-order valence-electron chi connectivity index (χ1n) is 15.6. The Kier molecular flexibility index (Phi) is 9.58. The van der Waals surface area contributed by atoms with Gasteiger partial charge in [-0.15, -0.1) is 0 Å². The van der Waals surface area contributed by atoms with Crippen LogP contribution in [0.15, 0.2) is 97.6 Å². The highest BCUT2D eigenvalue weighted by atomic mass is 16.6. The molecule has 9 nitrogen and oxygen atoms in total. The molecule has 0 saturated heterocycles. The third-order valence-electron chi connectivity index (χ3n) is 9.01. The van der Waals surface area contributed by atoms with Gasteiger partial charge in [0.05, 0.1) is 19.1 Å². The Bertz CT molecular complexity index is 1720. The summed E-state index contributed by atoms with van der Waals surface area (Å²) in [7, 11) is 3.34. The zero-order chi connectivity index (χ0) is 32.9. The highest BCUT2D eigenvalue weighted by Gasteiger charge is 2.64. The number of rotatable bonds is 15. The lowest BCUT2D eigenvalue weighted by Crippen LogP contribution is -2.58. The number of carbonyl (C=O) groups excluding carboxylic acids is 2. The molecular weight excluding hydrogens is 600 g/mol. The minimum atomic E-state index is -0.999. The first-order valence-corrected chi connectivity index (χ1v) is 15.6. The van der Waals surface area contributed by atoms with Gasteiger partial charge < -0.3 is 33.2 Å². The van der Waals surface area contributed by atoms with Gasteiger partial charge >= 0.3 is 11.9 Å². The average Bonchev–Trinajstić information content (AvgIpc) is 3.13. The van der Waals surface area contributed by atoms with Crippen LogP contribution >= 0.6 is 0 Å². The fourth-order valence-corrected chi connectivity index (χ4v) is 7.01. The molecule has 3 aliphatic rings. The maximum Gasteiger partial charge on any atom is 0.330 e. The summed E-state index contributed by atoms with van der Waals surface area (Å²) in [5.41, 5.74) is 2.06. The molecule has 0 aromatic heterocycles. The lowest BCUT2D eigenvalue weighted by molar-refractivity contribution is -0.173. The monoisotopic (exact) mass is 638 g/mol. The second kappa shape index (κ2) is 14.0. The molecule has 1 unspecified atom stereocenters. The van der Waals surface area contributed by atoms with E-state index in [2.05, 4.69) is 18.7 Å². The summed E-state index contributed by atoms with van der Waals surface area (Å²) in [5, 5.41) is 1.75. The van der Waals surface area contributed by atoms with Crippen LogP contribution in [0.2, 0.25) is 0 Å². The Morgan fingerprint density at radius 1 is 0.681 bits per heavy atom. The van der Waals surface area contributed by atoms with Crippen molar-refractivity contribution in [2.45, 2.75) is 17.6 Å². The minimum absolute atomic E-state index is 0.0600. The predicted octanol–water partition coefficient (Wildman–Crippen LogP) is 5.70. The summed E-state index contributed by atoms with van der Waals surface area (Å²) < 4.78 is 40.9. The van der Waals surface area contributed by atoms with E-state index in [-0.39, 0.29) is 32.4 Å². The second-order valence-electron chi connectivity index (χ2n) is 11.3. The Morgan fingerprint density at radius 3 is 1.74 bits per heavy atom. The van der Waals surface area contributed by atoms with Gasteiger partial charge in [0.2, 0.25) is 0 Å². The van der Waals surface area contributed by atoms with Gasteiger partial charge in [0, 0.05) is 37.5 Å². The largest absolute Gasteiger partial charge is 0.491 e. The van der Waals surface area contributed by atoms with E-state index in [0.717, 1.165) is 39.1 Å². The van der Waals surface area contributed by atoms with Crippen LogP contribution in [-0.4, -0.2) is 65.8 Å². The fourth-order valence-electron chi connectivity index (χ4n) is 7.01. The number of carbonyl (C=O) groups is 2. The molecule has 2 bridgehead atoms. The second-order valence-corrected chi connectivity index (χ2v) is 11.3. The molecule has 9 heteroatoms. The van der Waals surface area contributed by atoms with E-state index in [1.165, 1.54) is 0 Å². The lowest BCUT2D eigenvalue weighted by Gasteiger charge is -2.56. The topological polar surface area (TPSA) is 98.8 Å². The molecule has 0 fully saturated rings. The third kappa shape index (κ3) is 5.75. The number of hydrogen-bond donors (Lipinski definition) is 0. The van der Waals surface area contributed by atoms with Crippen LogP contribution in [0, 0.1) is 5.92 Å². The number of esters is 2. The smallest absolute Gasteiger partial charge is 0.330 e.